The van der Waals surface area contributed by atoms with Crippen LogP contribution in [0.4, 0.5) is 4.39 Å². The minimum atomic E-state index is -0.484. The first-order valence-corrected chi connectivity index (χ1v) is 7.60. The van der Waals surface area contributed by atoms with Crippen LogP contribution in [0.15, 0.2) is 48.5 Å². The highest BCUT2D eigenvalue weighted by molar-refractivity contribution is 5.83. The van der Waals surface area contributed by atoms with Crippen LogP contribution in [0, 0.1) is 5.82 Å². The van der Waals surface area contributed by atoms with E-state index in [4.69, 9.17) is 4.74 Å². The molecule has 24 heavy (non-hydrogen) atoms. The maximum absolute atomic E-state index is 13.0. The molecular formula is C18H19FN2O3. The van der Waals surface area contributed by atoms with Gasteiger partial charge >= 0.3 is 0 Å². The molecular weight excluding hydrogens is 311 g/mol. The number of rotatable bonds is 6. The number of aryl methyl sites for hydroxylation is 1. The average Bonchev–Trinajstić information content (AvgIpc) is 2.58. The molecule has 0 heterocycles. The summed E-state index contributed by atoms with van der Waals surface area (Å²) in [6.45, 7) is 1.83. The Kier molecular flexibility index (Phi) is 6.31. The monoisotopic (exact) mass is 330 g/mol. The molecule has 0 aliphatic heterocycles. The third-order valence-electron chi connectivity index (χ3n) is 3.30. The van der Waals surface area contributed by atoms with E-state index in [2.05, 4.69) is 17.8 Å². The smallest absolute Gasteiger partial charge is 0.276 e. The molecule has 0 radical (unpaired) electrons. The molecule has 0 spiro atoms. The number of ether oxygens (including phenoxy) is 1. The van der Waals surface area contributed by atoms with E-state index >= 15 is 0 Å². The number of hydrazine groups is 1. The molecule has 2 aromatic rings. The SMILES string of the molecule is CCc1ccc(OCC(=O)NNC(=O)Cc2cccc(F)c2)cc1. The van der Waals surface area contributed by atoms with Gasteiger partial charge in [0.1, 0.15) is 11.6 Å². The van der Waals surface area contributed by atoms with E-state index in [0.717, 1.165) is 6.42 Å². The first-order valence-electron chi connectivity index (χ1n) is 7.60. The van der Waals surface area contributed by atoms with Crippen LogP contribution < -0.4 is 15.6 Å². The quantitative estimate of drug-likeness (QED) is 0.798. The first-order chi connectivity index (χ1) is 11.6. The first kappa shape index (κ1) is 17.5. The van der Waals surface area contributed by atoms with Gasteiger partial charge in [0.05, 0.1) is 6.42 Å². The topological polar surface area (TPSA) is 67.4 Å². The van der Waals surface area contributed by atoms with Crippen molar-refractivity contribution in [2.24, 2.45) is 0 Å². The Labute approximate surface area is 139 Å². The van der Waals surface area contributed by atoms with Gasteiger partial charge in [0.2, 0.25) is 5.91 Å². The summed E-state index contributed by atoms with van der Waals surface area (Å²) in [6, 6.07) is 13.1. The predicted octanol–water partition coefficient (Wildman–Crippen LogP) is 2.16. The van der Waals surface area contributed by atoms with Crippen molar-refractivity contribution in [1.29, 1.82) is 0 Å². The van der Waals surface area contributed by atoms with Crippen LogP contribution in [0.5, 0.6) is 5.75 Å². The Morgan fingerprint density at radius 2 is 1.71 bits per heavy atom. The Balaban J connectivity index is 1.71. The fourth-order valence-corrected chi connectivity index (χ4v) is 2.02. The highest BCUT2D eigenvalue weighted by atomic mass is 19.1. The van der Waals surface area contributed by atoms with Crippen LogP contribution in [0.25, 0.3) is 0 Å². The largest absolute Gasteiger partial charge is 0.484 e. The molecule has 0 bridgehead atoms. The van der Waals surface area contributed by atoms with Gasteiger partial charge < -0.3 is 4.74 Å². The lowest BCUT2D eigenvalue weighted by Crippen LogP contribution is -2.44. The van der Waals surface area contributed by atoms with Gasteiger partial charge in [-0.15, -0.1) is 0 Å². The summed E-state index contributed by atoms with van der Waals surface area (Å²) < 4.78 is 18.3. The molecule has 2 aromatic carbocycles. The fraction of sp³-hybridized carbons (Fsp3) is 0.222. The van der Waals surface area contributed by atoms with Crippen molar-refractivity contribution in [2.75, 3.05) is 6.61 Å². The number of nitrogens with one attached hydrogen (secondary N) is 2. The number of carbonyl (C=O) groups excluding carboxylic acids is 2. The van der Waals surface area contributed by atoms with Crippen LogP contribution in [0.1, 0.15) is 18.1 Å². The molecule has 0 saturated heterocycles. The summed E-state index contributed by atoms with van der Waals surface area (Å²) >= 11 is 0. The summed E-state index contributed by atoms with van der Waals surface area (Å²) in [6.07, 6.45) is 0.898. The van der Waals surface area contributed by atoms with Gasteiger partial charge in [-0.3, -0.25) is 20.4 Å². The molecule has 0 aliphatic carbocycles. The van der Waals surface area contributed by atoms with E-state index in [9.17, 15) is 14.0 Å². The molecule has 2 rings (SSSR count). The van der Waals surface area contributed by atoms with Crippen LogP contribution in [0.2, 0.25) is 0 Å². The summed E-state index contributed by atoms with van der Waals surface area (Å²) in [4.78, 5) is 23.3. The molecule has 0 saturated carbocycles. The van der Waals surface area contributed by atoms with Crippen molar-refractivity contribution in [1.82, 2.24) is 10.9 Å². The van der Waals surface area contributed by atoms with Crippen molar-refractivity contribution >= 4 is 11.8 Å². The maximum Gasteiger partial charge on any atom is 0.276 e. The van der Waals surface area contributed by atoms with E-state index in [0.29, 0.717) is 11.3 Å². The number of hydrogen-bond acceptors (Lipinski definition) is 3. The van der Waals surface area contributed by atoms with Crippen molar-refractivity contribution in [3.05, 3.63) is 65.5 Å². The molecule has 0 unspecified atom stereocenters. The number of amides is 2. The minimum Gasteiger partial charge on any atom is -0.484 e. The zero-order valence-electron chi connectivity index (χ0n) is 13.3. The van der Waals surface area contributed by atoms with Gasteiger partial charge in [-0.2, -0.15) is 0 Å². The zero-order chi connectivity index (χ0) is 17.4. The molecule has 0 aliphatic rings. The van der Waals surface area contributed by atoms with Crippen molar-refractivity contribution in [3.8, 4) is 5.75 Å². The van der Waals surface area contributed by atoms with Gasteiger partial charge in [-0.1, -0.05) is 31.2 Å². The zero-order valence-corrected chi connectivity index (χ0v) is 13.3. The number of halogens is 1. The van der Waals surface area contributed by atoms with Crippen LogP contribution in [-0.2, 0) is 22.4 Å². The van der Waals surface area contributed by atoms with Gasteiger partial charge in [0.15, 0.2) is 6.61 Å². The summed E-state index contributed by atoms with van der Waals surface area (Å²) in [7, 11) is 0. The summed E-state index contributed by atoms with van der Waals surface area (Å²) in [5, 5.41) is 0. The molecule has 126 valence electrons. The van der Waals surface area contributed by atoms with Gasteiger partial charge in [-0.25, -0.2) is 4.39 Å². The Morgan fingerprint density at radius 1 is 1.00 bits per heavy atom. The van der Waals surface area contributed by atoms with E-state index in [-0.39, 0.29) is 13.0 Å². The van der Waals surface area contributed by atoms with Crippen LogP contribution >= 0.6 is 0 Å². The number of carbonyl (C=O) groups is 2. The Morgan fingerprint density at radius 3 is 2.38 bits per heavy atom. The highest BCUT2D eigenvalue weighted by Gasteiger charge is 2.07. The molecule has 2 N–H and O–H groups in total. The van der Waals surface area contributed by atoms with Gasteiger partial charge in [0, 0.05) is 0 Å². The van der Waals surface area contributed by atoms with Gasteiger partial charge in [-0.05, 0) is 41.8 Å². The molecule has 0 aromatic heterocycles. The second-order valence-electron chi connectivity index (χ2n) is 5.19. The van der Waals surface area contributed by atoms with Crippen molar-refractivity contribution in [3.63, 3.8) is 0 Å². The van der Waals surface area contributed by atoms with Crippen molar-refractivity contribution in [2.45, 2.75) is 19.8 Å². The van der Waals surface area contributed by atoms with Crippen LogP contribution in [0.3, 0.4) is 0 Å². The molecule has 0 atom stereocenters. The lowest BCUT2D eigenvalue weighted by atomic mass is 10.1. The van der Waals surface area contributed by atoms with Crippen molar-refractivity contribution < 1.29 is 18.7 Å². The van der Waals surface area contributed by atoms with E-state index < -0.39 is 17.6 Å². The Bertz CT molecular complexity index is 702. The Hall–Kier alpha value is -2.89. The molecule has 2 amide bonds. The van der Waals surface area contributed by atoms with E-state index in [1.54, 1.807) is 18.2 Å². The molecule has 0 fully saturated rings. The third-order valence-corrected chi connectivity index (χ3v) is 3.30. The third kappa shape index (κ3) is 5.72. The van der Waals surface area contributed by atoms with Crippen LogP contribution in [-0.4, -0.2) is 18.4 Å². The van der Waals surface area contributed by atoms with E-state index in [1.807, 2.05) is 12.1 Å². The fourth-order valence-electron chi connectivity index (χ4n) is 2.02. The molecule has 6 heteroatoms. The standard InChI is InChI=1S/C18H19FN2O3/c1-2-13-6-8-16(9-7-13)24-12-18(23)21-20-17(22)11-14-4-3-5-15(19)10-14/h3-10H,2,11-12H2,1H3,(H,20,22)(H,21,23). The summed E-state index contributed by atoms with van der Waals surface area (Å²) in [5.41, 5.74) is 6.22. The minimum absolute atomic E-state index is 0.0304. The number of hydrogen-bond donors (Lipinski definition) is 2. The normalized spacial score (nSPS) is 10.1. The summed E-state index contributed by atoms with van der Waals surface area (Å²) in [5.74, 6) is -0.760. The molecule has 5 nitrogen and oxygen atoms in total. The lowest BCUT2D eigenvalue weighted by Gasteiger charge is -2.09. The lowest BCUT2D eigenvalue weighted by molar-refractivity contribution is -0.129. The maximum atomic E-state index is 13.0. The van der Waals surface area contributed by atoms with Gasteiger partial charge in [0.25, 0.3) is 5.91 Å². The predicted molar refractivity (Wildman–Crippen MR) is 87.7 cm³/mol. The van der Waals surface area contributed by atoms with E-state index in [1.165, 1.54) is 23.8 Å². The number of benzene rings is 2. The second-order valence-corrected chi connectivity index (χ2v) is 5.19. The second kappa shape index (κ2) is 8.67. The average molecular weight is 330 g/mol. The highest BCUT2D eigenvalue weighted by Crippen LogP contribution is 2.12.